The van der Waals surface area contributed by atoms with Crippen LogP contribution in [0.1, 0.15) is 126 Å². The van der Waals surface area contributed by atoms with Crippen LogP contribution in [0.4, 0.5) is 0 Å². The number of amides is 2. The maximum absolute atomic E-state index is 13.5. The van der Waals surface area contributed by atoms with Gasteiger partial charge in [-0.15, -0.1) is 0 Å². The standard InChI is InChI=1S/C38H56N2O7/c1-4-5-6-7-8-9-10-11-12-13-17-21-33(28-35(41)39-2)47-38(44)34(40-37(43)31-24-26-32(45-3)27-25-31)22-18-23-36(42)46-29-30-19-15-14-16-20-30/h14-16,19-20,24-27,33-34H,4-13,17-18,21-23,28-29H2,1-3H3,(H,39,41)(H,40,43)/t33-,34-/m0/s1. The summed E-state index contributed by atoms with van der Waals surface area (Å²) in [6, 6.07) is 14.9. The van der Waals surface area contributed by atoms with Crippen molar-refractivity contribution in [1.82, 2.24) is 10.6 Å². The van der Waals surface area contributed by atoms with Crippen LogP contribution in [0.15, 0.2) is 54.6 Å². The monoisotopic (exact) mass is 652 g/mol. The van der Waals surface area contributed by atoms with Crippen LogP contribution in [0.3, 0.4) is 0 Å². The minimum Gasteiger partial charge on any atom is -0.497 e. The second-order valence-electron chi connectivity index (χ2n) is 12.1. The summed E-state index contributed by atoms with van der Waals surface area (Å²) in [4.78, 5) is 51.2. The Hall–Kier alpha value is -3.88. The zero-order chi connectivity index (χ0) is 34.1. The smallest absolute Gasteiger partial charge is 0.328 e. The van der Waals surface area contributed by atoms with Gasteiger partial charge in [0.05, 0.1) is 13.5 Å². The van der Waals surface area contributed by atoms with Gasteiger partial charge in [-0.2, -0.15) is 0 Å². The van der Waals surface area contributed by atoms with E-state index in [1.807, 2.05) is 30.3 Å². The van der Waals surface area contributed by atoms with E-state index >= 15 is 0 Å². The highest BCUT2D eigenvalue weighted by atomic mass is 16.5. The van der Waals surface area contributed by atoms with Gasteiger partial charge in [-0.1, -0.05) is 101 Å². The molecule has 0 aliphatic heterocycles. The van der Waals surface area contributed by atoms with Crippen molar-refractivity contribution in [1.29, 1.82) is 0 Å². The van der Waals surface area contributed by atoms with E-state index in [9.17, 15) is 19.2 Å². The molecule has 2 aromatic rings. The molecule has 2 atom stereocenters. The Morgan fingerprint density at radius 1 is 0.745 bits per heavy atom. The fourth-order valence-electron chi connectivity index (χ4n) is 5.29. The van der Waals surface area contributed by atoms with Crippen molar-refractivity contribution < 1.29 is 33.4 Å². The molecular weight excluding hydrogens is 596 g/mol. The number of unbranched alkanes of at least 4 members (excludes halogenated alkanes) is 10. The van der Waals surface area contributed by atoms with Gasteiger partial charge < -0.3 is 24.8 Å². The van der Waals surface area contributed by atoms with E-state index in [4.69, 9.17) is 14.2 Å². The average molecular weight is 653 g/mol. The number of carbonyl (C=O) groups excluding carboxylic acids is 4. The number of carbonyl (C=O) groups is 4. The third-order valence-corrected chi connectivity index (χ3v) is 8.16. The Morgan fingerprint density at radius 3 is 1.96 bits per heavy atom. The third-order valence-electron chi connectivity index (χ3n) is 8.16. The fraction of sp³-hybridized carbons (Fsp3) is 0.579. The van der Waals surface area contributed by atoms with Crippen LogP contribution in [0, 0.1) is 0 Å². The number of hydrogen-bond acceptors (Lipinski definition) is 7. The van der Waals surface area contributed by atoms with E-state index in [1.165, 1.54) is 58.5 Å². The first-order valence-corrected chi connectivity index (χ1v) is 17.4. The van der Waals surface area contributed by atoms with Crippen molar-refractivity contribution in [3.05, 3.63) is 65.7 Å². The van der Waals surface area contributed by atoms with Gasteiger partial charge in [0.1, 0.15) is 24.5 Å². The molecule has 0 radical (unpaired) electrons. The second-order valence-corrected chi connectivity index (χ2v) is 12.1. The molecule has 47 heavy (non-hydrogen) atoms. The molecule has 2 N–H and O–H groups in total. The molecule has 2 aromatic carbocycles. The molecular formula is C38H56N2O7. The van der Waals surface area contributed by atoms with E-state index in [-0.39, 0.29) is 31.8 Å². The number of methoxy groups -OCH3 is 1. The first-order valence-electron chi connectivity index (χ1n) is 17.4. The molecule has 0 saturated heterocycles. The van der Waals surface area contributed by atoms with Crippen molar-refractivity contribution in [2.24, 2.45) is 0 Å². The number of rotatable bonds is 25. The van der Waals surface area contributed by atoms with Crippen LogP contribution in [-0.4, -0.2) is 50.1 Å². The van der Waals surface area contributed by atoms with Gasteiger partial charge in [-0.25, -0.2) is 4.79 Å². The van der Waals surface area contributed by atoms with Crippen molar-refractivity contribution in [2.45, 2.75) is 128 Å². The van der Waals surface area contributed by atoms with Gasteiger partial charge in [0, 0.05) is 19.0 Å². The highest BCUT2D eigenvalue weighted by molar-refractivity contribution is 5.97. The Kier molecular flexibility index (Phi) is 20.3. The van der Waals surface area contributed by atoms with Gasteiger partial charge >= 0.3 is 11.9 Å². The van der Waals surface area contributed by atoms with Crippen LogP contribution in [-0.2, 0) is 30.5 Å². The van der Waals surface area contributed by atoms with Crippen LogP contribution < -0.4 is 15.4 Å². The molecule has 2 rings (SSSR count). The lowest BCUT2D eigenvalue weighted by Crippen LogP contribution is -2.43. The molecule has 0 saturated carbocycles. The number of nitrogens with one attached hydrogen (secondary N) is 2. The molecule has 9 heteroatoms. The fourth-order valence-corrected chi connectivity index (χ4v) is 5.29. The molecule has 260 valence electrons. The highest BCUT2D eigenvalue weighted by Gasteiger charge is 2.27. The van der Waals surface area contributed by atoms with Crippen LogP contribution >= 0.6 is 0 Å². The Morgan fingerprint density at radius 2 is 1.36 bits per heavy atom. The molecule has 0 heterocycles. The van der Waals surface area contributed by atoms with E-state index in [2.05, 4.69) is 17.6 Å². The first-order chi connectivity index (χ1) is 22.9. The summed E-state index contributed by atoms with van der Waals surface area (Å²) in [6.07, 6.45) is 13.7. The lowest BCUT2D eigenvalue weighted by atomic mass is 10.0. The van der Waals surface area contributed by atoms with Crippen molar-refractivity contribution >= 4 is 23.8 Å². The minimum absolute atomic E-state index is 0.0466. The Balaban J connectivity index is 1.93. The summed E-state index contributed by atoms with van der Waals surface area (Å²) < 4.78 is 16.4. The molecule has 0 unspecified atom stereocenters. The van der Waals surface area contributed by atoms with E-state index < -0.39 is 30.0 Å². The molecule has 0 spiro atoms. The molecule has 0 aliphatic carbocycles. The predicted molar refractivity (Wildman–Crippen MR) is 184 cm³/mol. The van der Waals surface area contributed by atoms with Gasteiger partial charge in [-0.05, 0) is 55.5 Å². The van der Waals surface area contributed by atoms with Gasteiger partial charge in [-0.3, -0.25) is 14.4 Å². The topological polar surface area (TPSA) is 120 Å². The summed E-state index contributed by atoms with van der Waals surface area (Å²) in [5.41, 5.74) is 1.24. The normalized spacial score (nSPS) is 12.1. The summed E-state index contributed by atoms with van der Waals surface area (Å²) in [7, 11) is 3.09. The Bertz CT molecular complexity index is 1170. The molecule has 9 nitrogen and oxygen atoms in total. The van der Waals surface area contributed by atoms with Crippen LogP contribution in [0.2, 0.25) is 0 Å². The maximum atomic E-state index is 13.5. The van der Waals surface area contributed by atoms with Crippen molar-refractivity contribution in [3.8, 4) is 5.75 Å². The summed E-state index contributed by atoms with van der Waals surface area (Å²) in [5.74, 6) is -1.08. The summed E-state index contributed by atoms with van der Waals surface area (Å²) in [5, 5.41) is 5.39. The van der Waals surface area contributed by atoms with Crippen molar-refractivity contribution in [3.63, 3.8) is 0 Å². The number of esters is 2. The quantitative estimate of drug-likeness (QED) is 0.0844. The van der Waals surface area contributed by atoms with Crippen LogP contribution in [0.5, 0.6) is 5.75 Å². The van der Waals surface area contributed by atoms with Crippen LogP contribution in [0.25, 0.3) is 0 Å². The number of benzene rings is 2. The molecule has 0 fully saturated rings. The van der Waals surface area contributed by atoms with E-state index in [1.54, 1.807) is 31.3 Å². The number of ether oxygens (including phenoxy) is 3. The maximum Gasteiger partial charge on any atom is 0.328 e. The second kappa shape index (κ2) is 24.3. The zero-order valence-electron chi connectivity index (χ0n) is 28.7. The zero-order valence-corrected chi connectivity index (χ0v) is 28.7. The highest BCUT2D eigenvalue weighted by Crippen LogP contribution is 2.17. The third kappa shape index (κ3) is 17.6. The first kappa shape index (κ1) is 39.3. The van der Waals surface area contributed by atoms with Gasteiger partial charge in [0.15, 0.2) is 0 Å². The van der Waals surface area contributed by atoms with E-state index in [0.717, 1.165) is 24.8 Å². The number of hydrogen-bond donors (Lipinski definition) is 2. The molecule has 0 bridgehead atoms. The predicted octanol–water partition coefficient (Wildman–Crippen LogP) is 7.46. The lowest BCUT2D eigenvalue weighted by Gasteiger charge is -2.23. The molecule has 2 amide bonds. The summed E-state index contributed by atoms with van der Waals surface area (Å²) in [6.45, 7) is 2.40. The average Bonchev–Trinajstić information content (AvgIpc) is 3.09. The van der Waals surface area contributed by atoms with Gasteiger partial charge in [0.25, 0.3) is 5.91 Å². The molecule has 0 aromatic heterocycles. The van der Waals surface area contributed by atoms with Crippen molar-refractivity contribution in [2.75, 3.05) is 14.2 Å². The Labute approximate surface area is 281 Å². The van der Waals surface area contributed by atoms with Gasteiger partial charge in [0.2, 0.25) is 5.91 Å². The summed E-state index contributed by atoms with van der Waals surface area (Å²) >= 11 is 0. The molecule has 0 aliphatic rings. The lowest BCUT2D eigenvalue weighted by molar-refractivity contribution is -0.154. The van der Waals surface area contributed by atoms with E-state index in [0.29, 0.717) is 24.2 Å². The minimum atomic E-state index is -1.00. The SMILES string of the molecule is CCCCCCCCCCCCC[C@@H](CC(=O)NC)OC(=O)[C@H](CCCC(=O)OCc1ccccc1)NC(=O)c1ccc(OC)cc1. The largest absolute Gasteiger partial charge is 0.497 e.